The van der Waals surface area contributed by atoms with Gasteiger partial charge in [0.15, 0.2) is 11.5 Å². The molecule has 0 aromatic heterocycles. The molecule has 0 heterocycles. The van der Waals surface area contributed by atoms with Gasteiger partial charge in [-0.2, -0.15) is 0 Å². The van der Waals surface area contributed by atoms with Crippen molar-refractivity contribution in [1.82, 2.24) is 0 Å². The van der Waals surface area contributed by atoms with Crippen molar-refractivity contribution in [3.63, 3.8) is 0 Å². The molecule has 1 saturated carbocycles. The Morgan fingerprint density at radius 3 is 2.56 bits per heavy atom. The number of benzene rings is 1. The Balaban J connectivity index is 2.02. The van der Waals surface area contributed by atoms with Crippen LogP contribution in [-0.2, 0) is 4.79 Å². The van der Waals surface area contributed by atoms with Crippen molar-refractivity contribution < 1.29 is 19.7 Å². The normalized spacial score (nSPS) is 17.5. The summed E-state index contributed by atoms with van der Waals surface area (Å²) in [5.74, 6) is -0.424. The van der Waals surface area contributed by atoms with E-state index in [-0.39, 0.29) is 12.4 Å². The molecule has 1 aromatic rings. The maximum Gasteiger partial charge on any atom is 0.313 e. The van der Waals surface area contributed by atoms with E-state index in [9.17, 15) is 9.90 Å². The number of ether oxygens (including phenoxy) is 1. The molecular weight excluding hydrogens is 208 g/mol. The molecule has 1 aromatic carbocycles. The smallest absolute Gasteiger partial charge is 0.313 e. The summed E-state index contributed by atoms with van der Waals surface area (Å²) in [6.45, 7) is 0.125. The van der Waals surface area contributed by atoms with Gasteiger partial charge in [0.05, 0.1) is 0 Å². The minimum Gasteiger partial charge on any atom is -0.504 e. The van der Waals surface area contributed by atoms with Gasteiger partial charge in [-0.1, -0.05) is 18.6 Å². The van der Waals surface area contributed by atoms with E-state index >= 15 is 0 Å². The minimum atomic E-state index is -0.811. The molecule has 0 bridgehead atoms. The molecule has 86 valence electrons. The lowest BCUT2D eigenvalue weighted by molar-refractivity contribution is -0.157. The monoisotopic (exact) mass is 222 g/mol. The van der Waals surface area contributed by atoms with Crippen LogP contribution < -0.4 is 4.74 Å². The zero-order chi connectivity index (χ0) is 11.6. The van der Waals surface area contributed by atoms with Crippen LogP contribution in [0, 0.1) is 5.41 Å². The SMILES string of the molecule is O=C(O)C1(COc2ccccc2O)CCC1. The first-order valence-corrected chi connectivity index (χ1v) is 5.28. The van der Waals surface area contributed by atoms with Crippen molar-refractivity contribution in [3.8, 4) is 11.5 Å². The third kappa shape index (κ3) is 1.83. The summed E-state index contributed by atoms with van der Waals surface area (Å²) in [6, 6.07) is 6.58. The zero-order valence-electron chi connectivity index (χ0n) is 8.85. The lowest BCUT2D eigenvalue weighted by Gasteiger charge is -2.37. The van der Waals surface area contributed by atoms with Crippen LogP contribution in [0.1, 0.15) is 19.3 Å². The number of carboxylic acids is 1. The van der Waals surface area contributed by atoms with Gasteiger partial charge < -0.3 is 14.9 Å². The highest BCUT2D eigenvalue weighted by molar-refractivity contribution is 5.76. The lowest BCUT2D eigenvalue weighted by atomic mass is 9.69. The number of carboxylic acid groups (broad SMARTS) is 1. The van der Waals surface area contributed by atoms with Crippen LogP contribution in [0.3, 0.4) is 0 Å². The highest BCUT2D eigenvalue weighted by Crippen LogP contribution is 2.42. The molecule has 0 unspecified atom stereocenters. The van der Waals surface area contributed by atoms with Crippen molar-refractivity contribution in [2.24, 2.45) is 5.41 Å². The molecule has 16 heavy (non-hydrogen) atoms. The van der Waals surface area contributed by atoms with Gasteiger partial charge in [0, 0.05) is 0 Å². The van der Waals surface area contributed by atoms with E-state index < -0.39 is 11.4 Å². The first kappa shape index (κ1) is 10.8. The fraction of sp³-hybridized carbons (Fsp3) is 0.417. The van der Waals surface area contributed by atoms with E-state index in [4.69, 9.17) is 9.84 Å². The summed E-state index contributed by atoms with van der Waals surface area (Å²) < 4.78 is 5.37. The van der Waals surface area contributed by atoms with Gasteiger partial charge in [0.25, 0.3) is 0 Å². The number of aromatic hydroxyl groups is 1. The third-order valence-corrected chi connectivity index (χ3v) is 3.13. The Labute approximate surface area is 93.5 Å². The van der Waals surface area contributed by atoms with Gasteiger partial charge in [-0.25, -0.2) is 0 Å². The van der Waals surface area contributed by atoms with Crippen LogP contribution in [0.2, 0.25) is 0 Å². The number of carbonyl (C=O) groups is 1. The Kier molecular flexibility index (Phi) is 2.73. The van der Waals surface area contributed by atoms with E-state index in [0.29, 0.717) is 18.6 Å². The van der Waals surface area contributed by atoms with Gasteiger partial charge in [-0.15, -0.1) is 0 Å². The maximum atomic E-state index is 11.1. The summed E-state index contributed by atoms with van der Waals surface area (Å²) >= 11 is 0. The van der Waals surface area contributed by atoms with Gasteiger partial charge in [0.2, 0.25) is 0 Å². The topological polar surface area (TPSA) is 66.8 Å². The zero-order valence-corrected chi connectivity index (χ0v) is 8.85. The Morgan fingerprint density at radius 2 is 2.06 bits per heavy atom. The summed E-state index contributed by atoms with van der Waals surface area (Å²) in [7, 11) is 0. The Hall–Kier alpha value is -1.71. The predicted octanol–water partition coefficient (Wildman–Crippen LogP) is 2.03. The Bertz CT molecular complexity index is 396. The van der Waals surface area contributed by atoms with Crippen LogP contribution in [0.15, 0.2) is 24.3 Å². The predicted molar refractivity (Wildman–Crippen MR) is 57.5 cm³/mol. The van der Waals surface area contributed by atoms with Crippen LogP contribution in [0.25, 0.3) is 0 Å². The first-order chi connectivity index (χ1) is 7.64. The number of hydrogen-bond acceptors (Lipinski definition) is 3. The van der Waals surface area contributed by atoms with E-state index in [1.165, 1.54) is 6.07 Å². The number of phenolic OH excluding ortho intramolecular Hbond substituents is 1. The molecule has 0 spiro atoms. The second-order valence-corrected chi connectivity index (χ2v) is 4.20. The third-order valence-electron chi connectivity index (χ3n) is 3.13. The van der Waals surface area contributed by atoms with E-state index in [1.807, 2.05) is 0 Å². The van der Waals surface area contributed by atoms with Crippen LogP contribution in [0.4, 0.5) is 0 Å². The molecular formula is C12H14O4. The molecule has 0 saturated heterocycles. The van der Waals surface area contributed by atoms with Crippen LogP contribution >= 0.6 is 0 Å². The Morgan fingerprint density at radius 1 is 1.38 bits per heavy atom. The summed E-state index contributed by atoms with van der Waals surface area (Å²) in [6.07, 6.45) is 2.22. The molecule has 0 atom stereocenters. The number of rotatable bonds is 4. The largest absolute Gasteiger partial charge is 0.504 e. The highest BCUT2D eigenvalue weighted by atomic mass is 16.5. The summed E-state index contributed by atoms with van der Waals surface area (Å²) in [5.41, 5.74) is -0.748. The number of para-hydroxylation sites is 2. The van der Waals surface area contributed by atoms with E-state index in [0.717, 1.165) is 6.42 Å². The van der Waals surface area contributed by atoms with Gasteiger partial charge >= 0.3 is 5.97 Å². The molecule has 4 nitrogen and oxygen atoms in total. The molecule has 0 aliphatic heterocycles. The second-order valence-electron chi connectivity index (χ2n) is 4.20. The number of aliphatic carboxylic acids is 1. The second kappa shape index (κ2) is 4.04. The average molecular weight is 222 g/mol. The fourth-order valence-electron chi connectivity index (χ4n) is 1.82. The van der Waals surface area contributed by atoms with Crippen LogP contribution in [0.5, 0.6) is 11.5 Å². The van der Waals surface area contributed by atoms with Gasteiger partial charge in [-0.3, -0.25) is 4.79 Å². The average Bonchev–Trinajstić information content (AvgIpc) is 2.18. The molecule has 1 fully saturated rings. The van der Waals surface area contributed by atoms with Crippen molar-refractivity contribution in [2.75, 3.05) is 6.61 Å². The number of hydrogen-bond donors (Lipinski definition) is 2. The minimum absolute atomic E-state index is 0.0439. The molecule has 0 amide bonds. The van der Waals surface area contributed by atoms with Gasteiger partial charge in [-0.05, 0) is 25.0 Å². The highest BCUT2D eigenvalue weighted by Gasteiger charge is 2.45. The summed E-state index contributed by atoms with van der Waals surface area (Å²) in [5, 5.41) is 18.6. The van der Waals surface area contributed by atoms with Crippen molar-refractivity contribution in [3.05, 3.63) is 24.3 Å². The molecule has 0 radical (unpaired) electrons. The van der Waals surface area contributed by atoms with Crippen LogP contribution in [-0.4, -0.2) is 22.8 Å². The summed E-state index contributed by atoms with van der Waals surface area (Å²) in [4.78, 5) is 11.1. The van der Waals surface area contributed by atoms with Crippen molar-refractivity contribution in [2.45, 2.75) is 19.3 Å². The maximum absolute atomic E-state index is 11.1. The molecule has 2 rings (SSSR count). The molecule has 2 N–H and O–H groups in total. The molecule has 1 aliphatic rings. The van der Waals surface area contributed by atoms with Crippen molar-refractivity contribution in [1.29, 1.82) is 0 Å². The van der Waals surface area contributed by atoms with E-state index in [1.54, 1.807) is 18.2 Å². The fourth-order valence-corrected chi connectivity index (χ4v) is 1.82. The standard InChI is InChI=1S/C12H14O4/c13-9-4-1-2-5-10(9)16-8-12(11(14)15)6-3-7-12/h1-2,4-5,13H,3,6-8H2,(H,14,15). The number of phenols is 1. The first-order valence-electron chi connectivity index (χ1n) is 5.28. The van der Waals surface area contributed by atoms with Crippen molar-refractivity contribution >= 4 is 5.97 Å². The quantitative estimate of drug-likeness (QED) is 0.817. The van der Waals surface area contributed by atoms with E-state index in [2.05, 4.69) is 0 Å². The molecule has 4 heteroatoms. The lowest BCUT2D eigenvalue weighted by Crippen LogP contribution is -2.43. The molecule has 1 aliphatic carbocycles. The van der Waals surface area contributed by atoms with Gasteiger partial charge in [0.1, 0.15) is 12.0 Å².